The summed E-state index contributed by atoms with van der Waals surface area (Å²) < 4.78 is 67.0. The lowest BCUT2D eigenvalue weighted by molar-refractivity contribution is -0.161. The number of rotatable bonds is 58. The molecule has 0 aromatic rings. The van der Waals surface area contributed by atoms with Crippen molar-refractivity contribution in [3.05, 3.63) is 0 Å². The summed E-state index contributed by atoms with van der Waals surface area (Å²) in [7, 11) is -9.84. The van der Waals surface area contributed by atoms with Crippen LogP contribution in [-0.2, 0) is 65.4 Å². The molecule has 0 bridgehead atoms. The standard InChI is InChI=1S/C57H110O17P2/c1-5-9-13-17-18-19-20-21-22-23-24-25-26-27-28-29-30-31-32-36-40-44-57(62)74-53(48-68-55(60)42-38-34-15-11-7-3)50-72-76(65,66)70-46-51(58)45-69-75(63,64)71-49-52(73-56(61)43-39-35-16-12-8-4)47-67-54(59)41-37-33-14-10-6-2/h51-53,58H,5-50H2,1-4H3,(H,63,64)(H,65,66)/t51-,52+,53+/m0/s1. The Hall–Kier alpha value is -1.94. The van der Waals surface area contributed by atoms with Crippen LogP contribution in [0.25, 0.3) is 0 Å². The van der Waals surface area contributed by atoms with E-state index in [9.17, 15) is 43.2 Å². The van der Waals surface area contributed by atoms with E-state index in [2.05, 4.69) is 27.7 Å². The van der Waals surface area contributed by atoms with Gasteiger partial charge in [0.15, 0.2) is 12.2 Å². The first-order chi connectivity index (χ1) is 36.7. The molecule has 0 aliphatic carbocycles. The zero-order valence-electron chi connectivity index (χ0n) is 48.2. The smallest absolute Gasteiger partial charge is 0.462 e. The molecule has 0 saturated heterocycles. The number of esters is 4. The molecule has 0 aliphatic rings. The van der Waals surface area contributed by atoms with Crippen molar-refractivity contribution >= 4 is 39.5 Å². The fourth-order valence-corrected chi connectivity index (χ4v) is 9.98. The molecule has 2 unspecified atom stereocenters. The maximum atomic E-state index is 12.9. The van der Waals surface area contributed by atoms with Gasteiger partial charge in [0.05, 0.1) is 26.4 Å². The fraction of sp³-hybridized carbons (Fsp3) is 0.930. The normalized spacial score (nSPS) is 14.4. The highest BCUT2D eigenvalue weighted by molar-refractivity contribution is 7.47. The first-order valence-corrected chi connectivity index (χ1v) is 33.3. The van der Waals surface area contributed by atoms with E-state index in [0.29, 0.717) is 25.7 Å². The molecular formula is C57H110O17P2. The summed E-state index contributed by atoms with van der Waals surface area (Å²) in [5, 5.41) is 10.4. The van der Waals surface area contributed by atoms with Gasteiger partial charge in [-0.15, -0.1) is 0 Å². The van der Waals surface area contributed by atoms with E-state index in [4.69, 9.17) is 37.0 Å². The number of carbonyl (C=O) groups excluding carboxylic acids is 4. The van der Waals surface area contributed by atoms with Gasteiger partial charge in [-0.1, -0.05) is 233 Å². The summed E-state index contributed by atoms with van der Waals surface area (Å²) in [6.07, 6.45) is 36.3. The third-order valence-corrected chi connectivity index (χ3v) is 15.0. The van der Waals surface area contributed by atoms with Crippen molar-refractivity contribution in [2.75, 3.05) is 39.6 Å². The Bertz CT molecular complexity index is 1490. The molecule has 450 valence electrons. The van der Waals surface area contributed by atoms with Crippen LogP contribution in [0.15, 0.2) is 0 Å². The van der Waals surface area contributed by atoms with Gasteiger partial charge >= 0.3 is 39.5 Å². The Labute approximate surface area is 460 Å². The van der Waals surface area contributed by atoms with Gasteiger partial charge < -0.3 is 33.8 Å². The van der Waals surface area contributed by atoms with E-state index in [1.165, 1.54) is 103 Å². The lowest BCUT2D eigenvalue weighted by Gasteiger charge is -2.21. The van der Waals surface area contributed by atoms with Crippen LogP contribution < -0.4 is 0 Å². The van der Waals surface area contributed by atoms with Gasteiger partial charge in [0.25, 0.3) is 0 Å². The van der Waals surface area contributed by atoms with Crippen molar-refractivity contribution in [2.45, 2.75) is 303 Å². The van der Waals surface area contributed by atoms with Gasteiger partial charge in [0.1, 0.15) is 19.3 Å². The molecule has 76 heavy (non-hydrogen) atoms. The molecule has 0 aromatic heterocycles. The minimum absolute atomic E-state index is 0.0989. The molecule has 0 aromatic carbocycles. The predicted octanol–water partition coefficient (Wildman–Crippen LogP) is 15.2. The molecule has 0 spiro atoms. The van der Waals surface area contributed by atoms with Crippen molar-refractivity contribution in [3.63, 3.8) is 0 Å². The minimum atomic E-state index is -4.93. The van der Waals surface area contributed by atoms with E-state index in [-0.39, 0.29) is 25.7 Å². The van der Waals surface area contributed by atoms with Gasteiger partial charge in [-0.05, 0) is 25.7 Å². The first kappa shape index (κ1) is 74.1. The largest absolute Gasteiger partial charge is 0.472 e. The third kappa shape index (κ3) is 51.5. The molecule has 0 aliphatic heterocycles. The van der Waals surface area contributed by atoms with Gasteiger partial charge in [-0.3, -0.25) is 37.3 Å². The van der Waals surface area contributed by atoms with Crippen LogP contribution >= 0.6 is 15.6 Å². The summed E-state index contributed by atoms with van der Waals surface area (Å²) in [6.45, 7) is 4.56. The molecular weight excluding hydrogens is 1020 g/mol. The highest BCUT2D eigenvalue weighted by atomic mass is 31.2. The zero-order valence-corrected chi connectivity index (χ0v) is 50.0. The molecule has 0 amide bonds. The average Bonchev–Trinajstić information content (AvgIpc) is 3.39. The molecule has 5 atom stereocenters. The number of phosphoric acid groups is 2. The summed E-state index contributed by atoms with van der Waals surface area (Å²) in [5.74, 6) is -2.18. The molecule has 0 saturated carbocycles. The number of carbonyl (C=O) groups is 4. The van der Waals surface area contributed by atoms with Crippen molar-refractivity contribution in [1.82, 2.24) is 0 Å². The summed E-state index contributed by atoms with van der Waals surface area (Å²) >= 11 is 0. The highest BCUT2D eigenvalue weighted by Gasteiger charge is 2.30. The maximum Gasteiger partial charge on any atom is 0.472 e. The molecule has 0 heterocycles. The predicted molar refractivity (Wildman–Crippen MR) is 299 cm³/mol. The van der Waals surface area contributed by atoms with Crippen LogP contribution in [-0.4, -0.2) is 96.7 Å². The topological polar surface area (TPSA) is 237 Å². The molecule has 19 heteroatoms. The lowest BCUT2D eigenvalue weighted by atomic mass is 10.0. The van der Waals surface area contributed by atoms with Gasteiger partial charge in [-0.2, -0.15) is 0 Å². The van der Waals surface area contributed by atoms with E-state index >= 15 is 0 Å². The van der Waals surface area contributed by atoms with Crippen LogP contribution in [0.1, 0.15) is 285 Å². The number of phosphoric ester groups is 2. The Morgan fingerprint density at radius 2 is 0.526 bits per heavy atom. The maximum absolute atomic E-state index is 12.9. The van der Waals surface area contributed by atoms with Crippen LogP contribution in [0, 0.1) is 0 Å². The van der Waals surface area contributed by atoms with E-state index in [1.807, 2.05) is 0 Å². The second kappa shape index (κ2) is 52.4. The van der Waals surface area contributed by atoms with E-state index in [1.54, 1.807) is 0 Å². The van der Waals surface area contributed by atoms with Crippen molar-refractivity contribution < 1.29 is 80.2 Å². The zero-order chi connectivity index (χ0) is 56.2. The Morgan fingerprint density at radius 1 is 0.316 bits per heavy atom. The Kier molecular flexibility index (Phi) is 51.1. The van der Waals surface area contributed by atoms with Crippen LogP contribution in [0.5, 0.6) is 0 Å². The van der Waals surface area contributed by atoms with Crippen LogP contribution in [0.3, 0.4) is 0 Å². The monoisotopic (exact) mass is 1130 g/mol. The second-order valence-electron chi connectivity index (χ2n) is 20.7. The summed E-state index contributed by atoms with van der Waals surface area (Å²) in [4.78, 5) is 71.0. The van der Waals surface area contributed by atoms with E-state index in [0.717, 1.165) is 103 Å². The average molecular weight is 1130 g/mol. The number of ether oxygens (including phenoxy) is 4. The molecule has 17 nitrogen and oxygen atoms in total. The number of hydrogen-bond acceptors (Lipinski definition) is 15. The minimum Gasteiger partial charge on any atom is -0.462 e. The second-order valence-corrected chi connectivity index (χ2v) is 23.6. The highest BCUT2D eigenvalue weighted by Crippen LogP contribution is 2.45. The fourth-order valence-electron chi connectivity index (χ4n) is 8.40. The van der Waals surface area contributed by atoms with Crippen molar-refractivity contribution in [3.8, 4) is 0 Å². The van der Waals surface area contributed by atoms with Crippen molar-refractivity contribution in [1.29, 1.82) is 0 Å². The summed E-state index contributed by atoms with van der Waals surface area (Å²) in [5.41, 5.74) is 0. The summed E-state index contributed by atoms with van der Waals surface area (Å²) in [6, 6.07) is 0. The number of aliphatic hydroxyl groups is 1. The van der Waals surface area contributed by atoms with Gasteiger partial charge in [-0.25, -0.2) is 9.13 Å². The number of aliphatic hydroxyl groups excluding tert-OH is 1. The lowest BCUT2D eigenvalue weighted by Crippen LogP contribution is -2.30. The van der Waals surface area contributed by atoms with Crippen LogP contribution in [0.2, 0.25) is 0 Å². The molecule has 0 radical (unpaired) electrons. The molecule has 0 fully saturated rings. The number of hydrogen-bond donors (Lipinski definition) is 3. The number of unbranched alkanes of at least 4 members (excludes halogenated alkanes) is 32. The molecule has 0 rings (SSSR count). The quantitative estimate of drug-likeness (QED) is 0.0222. The first-order valence-electron chi connectivity index (χ1n) is 30.3. The van der Waals surface area contributed by atoms with E-state index < -0.39 is 97.5 Å². The Morgan fingerprint density at radius 3 is 0.776 bits per heavy atom. The molecule has 3 N–H and O–H groups in total. The Balaban J connectivity index is 4.88. The van der Waals surface area contributed by atoms with Gasteiger partial charge in [0, 0.05) is 25.7 Å². The van der Waals surface area contributed by atoms with Gasteiger partial charge in [0.2, 0.25) is 0 Å². The SMILES string of the molecule is CCCCCCCCCCCCCCCCCCCCCCCC(=O)O[C@H](COC(=O)CCCCCCC)COP(=O)(O)OC[C@@H](O)COP(=O)(O)OC[C@@H](COC(=O)CCCCCCC)OC(=O)CCCCCCC. The van der Waals surface area contributed by atoms with Crippen molar-refractivity contribution in [2.24, 2.45) is 0 Å². The third-order valence-electron chi connectivity index (χ3n) is 13.1. The van der Waals surface area contributed by atoms with Crippen LogP contribution in [0.4, 0.5) is 0 Å².